The van der Waals surface area contributed by atoms with Gasteiger partial charge in [0.25, 0.3) is 0 Å². The molecule has 0 saturated carbocycles. The van der Waals surface area contributed by atoms with Crippen LogP contribution in [0.2, 0.25) is 5.02 Å². The molecule has 0 radical (unpaired) electrons. The molecule has 1 aliphatic carbocycles. The van der Waals surface area contributed by atoms with Gasteiger partial charge >= 0.3 is 0 Å². The fraction of sp³-hybridized carbons (Fsp3) is 0.500. The Bertz CT molecular complexity index is 349. The molecule has 0 aromatic carbocycles. The molecule has 13 heavy (non-hydrogen) atoms. The minimum Gasteiger partial charge on any atom is -0.244 e. The van der Waals surface area contributed by atoms with E-state index >= 15 is 0 Å². The second-order valence-electron chi connectivity index (χ2n) is 3.47. The molecular formula is C10H11BrClN. The fourth-order valence-electron chi connectivity index (χ4n) is 1.87. The van der Waals surface area contributed by atoms with Crippen LogP contribution < -0.4 is 0 Å². The smallest absolute Gasteiger partial charge is 0.125 e. The minimum absolute atomic E-state index is 0.778. The number of aromatic nitrogens is 1. The first kappa shape index (κ1) is 9.47. The molecule has 0 saturated heterocycles. The van der Waals surface area contributed by atoms with Gasteiger partial charge in [-0.1, -0.05) is 11.6 Å². The van der Waals surface area contributed by atoms with Gasteiger partial charge in [-0.2, -0.15) is 0 Å². The number of halogens is 2. The largest absolute Gasteiger partial charge is 0.244 e. The van der Waals surface area contributed by atoms with Crippen molar-refractivity contribution in [2.45, 2.75) is 32.6 Å². The number of aryl methyl sites for hydroxylation is 1. The second kappa shape index (κ2) is 3.58. The van der Waals surface area contributed by atoms with Crippen LogP contribution in [0.3, 0.4) is 0 Å². The van der Waals surface area contributed by atoms with Crippen molar-refractivity contribution < 1.29 is 0 Å². The predicted molar refractivity (Wildman–Crippen MR) is 58.3 cm³/mol. The predicted octanol–water partition coefficient (Wildman–Crippen LogP) is 3.68. The number of hydrogen-bond acceptors (Lipinski definition) is 1. The summed E-state index contributed by atoms with van der Waals surface area (Å²) in [6.45, 7) is 2.08. The third kappa shape index (κ3) is 1.62. The first-order valence-electron chi connectivity index (χ1n) is 4.53. The molecule has 2 rings (SSSR count). The van der Waals surface area contributed by atoms with Crippen LogP contribution in [0.1, 0.15) is 29.7 Å². The standard InChI is InChI=1S/C10H11BrClN/c1-6-7-4-2-3-5-8(7)13-10(11)9(6)12/h2-5H2,1H3. The van der Waals surface area contributed by atoms with E-state index < -0.39 is 0 Å². The SMILES string of the molecule is Cc1c(Cl)c(Br)nc2c1CCCC2. The van der Waals surface area contributed by atoms with Crippen LogP contribution in [0.4, 0.5) is 0 Å². The molecule has 0 atom stereocenters. The summed E-state index contributed by atoms with van der Waals surface area (Å²) in [5.41, 5.74) is 3.82. The summed E-state index contributed by atoms with van der Waals surface area (Å²) in [6.07, 6.45) is 4.77. The molecule has 70 valence electrons. The van der Waals surface area contributed by atoms with Crippen molar-refractivity contribution in [3.05, 3.63) is 26.4 Å². The van der Waals surface area contributed by atoms with E-state index in [1.165, 1.54) is 29.7 Å². The van der Waals surface area contributed by atoms with Crippen LogP contribution in [0, 0.1) is 6.92 Å². The number of rotatable bonds is 0. The number of nitrogens with zero attached hydrogens (tertiary/aromatic N) is 1. The van der Waals surface area contributed by atoms with Crippen LogP contribution in [0.15, 0.2) is 4.60 Å². The molecule has 1 aromatic heterocycles. The molecule has 1 nitrogen and oxygen atoms in total. The van der Waals surface area contributed by atoms with E-state index in [0.29, 0.717) is 0 Å². The van der Waals surface area contributed by atoms with Crippen LogP contribution in [0.25, 0.3) is 0 Å². The molecule has 0 amide bonds. The van der Waals surface area contributed by atoms with Gasteiger partial charge in [0.05, 0.1) is 5.02 Å². The van der Waals surface area contributed by atoms with Crippen LogP contribution >= 0.6 is 27.5 Å². The lowest BCUT2D eigenvalue weighted by Gasteiger charge is -2.18. The first-order chi connectivity index (χ1) is 6.20. The van der Waals surface area contributed by atoms with Crippen molar-refractivity contribution in [2.75, 3.05) is 0 Å². The Morgan fingerprint density at radius 1 is 1.31 bits per heavy atom. The summed E-state index contributed by atoms with van der Waals surface area (Å²) >= 11 is 9.49. The van der Waals surface area contributed by atoms with E-state index in [2.05, 4.69) is 27.8 Å². The fourth-order valence-corrected chi connectivity index (χ4v) is 2.54. The first-order valence-corrected chi connectivity index (χ1v) is 5.70. The van der Waals surface area contributed by atoms with E-state index in [-0.39, 0.29) is 0 Å². The molecular weight excluding hydrogens is 249 g/mol. The van der Waals surface area contributed by atoms with E-state index in [1.54, 1.807) is 0 Å². The second-order valence-corrected chi connectivity index (χ2v) is 4.60. The highest BCUT2D eigenvalue weighted by Crippen LogP contribution is 2.32. The molecule has 0 bridgehead atoms. The summed E-state index contributed by atoms with van der Waals surface area (Å²) in [5.74, 6) is 0. The maximum Gasteiger partial charge on any atom is 0.125 e. The van der Waals surface area contributed by atoms with Gasteiger partial charge in [0.2, 0.25) is 0 Å². The van der Waals surface area contributed by atoms with Crippen molar-refractivity contribution in [1.82, 2.24) is 4.98 Å². The van der Waals surface area contributed by atoms with E-state index in [1.807, 2.05) is 0 Å². The van der Waals surface area contributed by atoms with Gasteiger partial charge in [-0.15, -0.1) is 0 Å². The highest BCUT2D eigenvalue weighted by Gasteiger charge is 2.16. The Morgan fingerprint density at radius 3 is 2.77 bits per heavy atom. The quantitative estimate of drug-likeness (QED) is 0.649. The summed E-state index contributed by atoms with van der Waals surface area (Å²) in [5, 5.41) is 0.778. The highest BCUT2D eigenvalue weighted by molar-refractivity contribution is 9.10. The number of pyridine rings is 1. The topological polar surface area (TPSA) is 12.9 Å². The number of hydrogen-bond donors (Lipinski definition) is 0. The van der Waals surface area contributed by atoms with Gasteiger partial charge in [-0.05, 0) is 59.7 Å². The summed E-state index contributed by atoms with van der Waals surface area (Å²) in [6, 6.07) is 0. The maximum absolute atomic E-state index is 6.11. The van der Waals surface area contributed by atoms with E-state index in [4.69, 9.17) is 11.6 Å². The zero-order chi connectivity index (χ0) is 9.42. The van der Waals surface area contributed by atoms with Crippen molar-refractivity contribution in [1.29, 1.82) is 0 Å². The Kier molecular flexibility index (Phi) is 2.61. The molecule has 1 aromatic rings. The molecule has 1 aliphatic rings. The Balaban J connectivity index is 2.60. The van der Waals surface area contributed by atoms with E-state index in [0.717, 1.165) is 22.5 Å². The highest BCUT2D eigenvalue weighted by atomic mass is 79.9. The monoisotopic (exact) mass is 259 g/mol. The molecule has 0 N–H and O–H groups in total. The molecule has 0 fully saturated rings. The third-order valence-electron chi connectivity index (χ3n) is 2.63. The van der Waals surface area contributed by atoms with Crippen LogP contribution in [0.5, 0.6) is 0 Å². The van der Waals surface area contributed by atoms with Crippen molar-refractivity contribution in [3.63, 3.8) is 0 Å². The van der Waals surface area contributed by atoms with Crippen molar-refractivity contribution in [2.24, 2.45) is 0 Å². The van der Waals surface area contributed by atoms with Gasteiger partial charge in [0.1, 0.15) is 4.60 Å². The third-order valence-corrected chi connectivity index (χ3v) is 3.90. The molecule has 0 unspecified atom stereocenters. The van der Waals surface area contributed by atoms with Gasteiger partial charge in [0, 0.05) is 5.69 Å². The zero-order valence-electron chi connectivity index (χ0n) is 7.53. The Morgan fingerprint density at radius 2 is 2.00 bits per heavy atom. The van der Waals surface area contributed by atoms with Gasteiger partial charge < -0.3 is 0 Å². The normalized spacial score (nSPS) is 15.6. The summed E-state index contributed by atoms with van der Waals surface area (Å²) < 4.78 is 0.798. The lowest BCUT2D eigenvalue weighted by Crippen LogP contribution is -2.08. The van der Waals surface area contributed by atoms with Gasteiger partial charge in [-0.25, -0.2) is 4.98 Å². The molecule has 0 aliphatic heterocycles. The van der Waals surface area contributed by atoms with Gasteiger partial charge in [0.15, 0.2) is 0 Å². The summed E-state index contributed by atoms with van der Waals surface area (Å²) in [4.78, 5) is 4.46. The lowest BCUT2D eigenvalue weighted by molar-refractivity contribution is 0.662. The number of fused-ring (bicyclic) bond motifs is 1. The minimum atomic E-state index is 0.778. The Hall–Kier alpha value is -0.0800. The van der Waals surface area contributed by atoms with Crippen LogP contribution in [-0.2, 0) is 12.8 Å². The van der Waals surface area contributed by atoms with Crippen LogP contribution in [-0.4, -0.2) is 4.98 Å². The average molecular weight is 261 g/mol. The molecule has 3 heteroatoms. The molecule has 0 spiro atoms. The average Bonchev–Trinajstić information content (AvgIpc) is 2.15. The maximum atomic E-state index is 6.11. The molecule has 1 heterocycles. The zero-order valence-corrected chi connectivity index (χ0v) is 9.87. The van der Waals surface area contributed by atoms with Crippen molar-refractivity contribution in [3.8, 4) is 0 Å². The van der Waals surface area contributed by atoms with Gasteiger partial charge in [-0.3, -0.25) is 0 Å². The van der Waals surface area contributed by atoms with E-state index in [9.17, 15) is 0 Å². The Labute approximate surface area is 91.6 Å². The summed E-state index contributed by atoms with van der Waals surface area (Å²) in [7, 11) is 0. The van der Waals surface area contributed by atoms with Crippen molar-refractivity contribution >= 4 is 27.5 Å². The lowest BCUT2D eigenvalue weighted by atomic mass is 9.93.